The fraction of sp³-hybridized carbons (Fsp3) is 0.400. The van der Waals surface area contributed by atoms with Crippen molar-refractivity contribution in [1.29, 1.82) is 0 Å². The molecule has 2 N–H and O–H groups in total. The van der Waals surface area contributed by atoms with Crippen LogP contribution in [-0.4, -0.2) is 9.78 Å². The molecule has 20 heavy (non-hydrogen) atoms. The van der Waals surface area contributed by atoms with Crippen LogP contribution in [0.4, 0.5) is 0 Å². The van der Waals surface area contributed by atoms with Gasteiger partial charge < -0.3 is 10.5 Å². The minimum Gasteiger partial charge on any atom is -0.487 e. The number of benzene rings is 1. The van der Waals surface area contributed by atoms with Crippen molar-refractivity contribution in [1.82, 2.24) is 9.78 Å². The van der Waals surface area contributed by atoms with Crippen molar-refractivity contribution in [3.63, 3.8) is 0 Å². The van der Waals surface area contributed by atoms with Crippen LogP contribution < -0.4 is 10.5 Å². The van der Waals surface area contributed by atoms with E-state index in [1.165, 1.54) is 11.1 Å². The third-order valence-corrected chi connectivity index (χ3v) is 4.91. The summed E-state index contributed by atoms with van der Waals surface area (Å²) in [7, 11) is 1.93. The van der Waals surface area contributed by atoms with Crippen LogP contribution in [0, 0.1) is 6.92 Å². The molecule has 0 aliphatic heterocycles. The maximum atomic E-state index is 6.05. The van der Waals surface area contributed by atoms with E-state index in [0.717, 1.165) is 34.5 Å². The van der Waals surface area contributed by atoms with E-state index in [9.17, 15) is 0 Å². The number of hydrogen-bond donors (Lipinski definition) is 1. The van der Waals surface area contributed by atoms with Crippen LogP contribution in [-0.2, 0) is 20.1 Å². The number of fused-ring (bicyclic) bond motifs is 1. The Bertz CT molecular complexity index is 651. The van der Waals surface area contributed by atoms with Gasteiger partial charge in [0, 0.05) is 13.1 Å². The molecule has 0 fully saturated rings. The van der Waals surface area contributed by atoms with Gasteiger partial charge in [-0.3, -0.25) is 4.68 Å². The number of nitrogens with two attached hydrogens (primary N) is 1. The molecule has 0 saturated carbocycles. The Hall–Kier alpha value is -1.33. The van der Waals surface area contributed by atoms with E-state index in [1.54, 1.807) is 0 Å². The largest absolute Gasteiger partial charge is 0.487 e. The monoisotopic (exact) mass is 335 g/mol. The summed E-state index contributed by atoms with van der Waals surface area (Å²) in [5.74, 6) is 0.892. The van der Waals surface area contributed by atoms with Crippen LogP contribution in [0.1, 0.15) is 35.0 Å². The van der Waals surface area contributed by atoms with Gasteiger partial charge in [0.05, 0.1) is 15.9 Å². The molecule has 1 aliphatic rings. The number of ether oxygens (including phenoxy) is 1. The molecule has 0 bridgehead atoms. The average Bonchev–Trinajstić information content (AvgIpc) is 2.90. The molecule has 3 rings (SSSR count). The van der Waals surface area contributed by atoms with Gasteiger partial charge in [-0.2, -0.15) is 5.10 Å². The first-order valence-corrected chi connectivity index (χ1v) is 7.54. The minimum absolute atomic E-state index is 0.188. The highest BCUT2D eigenvalue weighted by atomic mass is 79.9. The van der Waals surface area contributed by atoms with E-state index >= 15 is 0 Å². The van der Waals surface area contributed by atoms with Crippen molar-refractivity contribution in [2.24, 2.45) is 12.8 Å². The second-order valence-electron chi connectivity index (χ2n) is 5.26. The van der Waals surface area contributed by atoms with Crippen molar-refractivity contribution >= 4 is 15.9 Å². The highest BCUT2D eigenvalue weighted by molar-refractivity contribution is 9.10. The molecular weight excluding hydrogens is 318 g/mol. The second kappa shape index (κ2) is 5.22. The number of nitrogens with zero attached hydrogens (tertiary/aromatic N) is 2. The third-order valence-electron chi connectivity index (χ3n) is 3.88. The van der Waals surface area contributed by atoms with Gasteiger partial charge in [0.2, 0.25) is 0 Å². The molecule has 0 radical (unpaired) electrons. The summed E-state index contributed by atoms with van der Waals surface area (Å²) in [6.45, 7) is 2.48. The number of aryl methyl sites for hydroxylation is 3. The fourth-order valence-corrected chi connectivity index (χ4v) is 3.16. The molecule has 1 aromatic heterocycles. The Labute approximate surface area is 127 Å². The maximum absolute atomic E-state index is 6.05. The average molecular weight is 336 g/mol. The molecule has 0 saturated heterocycles. The van der Waals surface area contributed by atoms with Gasteiger partial charge in [0.15, 0.2) is 0 Å². The quantitative estimate of drug-likeness (QED) is 0.937. The first-order chi connectivity index (χ1) is 9.56. The van der Waals surface area contributed by atoms with Crippen LogP contribution in [0.3, 0.4) is 0 Å². The van der Waals surface area contributed by atoms with E-state index < -0.39 is 0 Å². The van der Waals surface area contributed by atoms with Gasteiger partial charge in [0.1, 0.15) is 12.4 Å². The highest BCUT2D eigenvalue weighted by Gasteiger charge is 2.19. The molecule has 1 aromatic carbocycles. The topological polar surface area (TPSA) is 53.1 Å². The van der Waals surface area contributed by atoms with Gasteiger partial charge in [-0.05, 0) is 59.0 Å². The lowest BCUT2D eigenvalue weighted by atomic mass is 10.1. The number of halogens is 1. The summed E-state index contributed by atoms with van der Waals surface area (Å²) >= 11 is 3.55. The number of hydrogen-bond acceptors (Lipinski definition) is 3. The van der Waals surface area contributed by atoms with E-state index in [4.69, 9.17) is 10.5 Å². The third kappa shape index (κ3) is 2.36. The lowest BCUT2D eigenvalue weighted by Gasteiger charge is -2.10. The van der Waals surface area contributed by atoms with Crippen molar-refractivity contribution in [2.45, 2.75) is 32.4 Å². The van der Waals surface area contributed by atoms with Gasteiger partial charge in [-0.25, -0.2) is 0 Å². The Morgan fingerprint density at radius 1 is 1.50 bits per heavy atom. The van der Waals surface area contributed by atoms with Crippen molar-refractivity contribution in [3.05, 3.63) is 45.2 Å². The molecule has 106 valence electrons. The normalized spacial score (nSPS) is 17.3. The Morgan fingerprint density at radius 3 is 3.00 bits per heavy atom. The molecule has 5 heteroatoms. The van der Waals surface area contributed by atoms with E-state index in [0.29, 0.717) is 6.61 Å². The summed E-state index contributed by atoms with van der Waals surface area (Å²) in [5.41, 5.74) is 10.6. The molecular formula is C15H18BrN3O. The van der Waals surface area contributed by atoms with Crippen LogP contribution in [0.5, 0.6) is 5.75 Å². The molecule has 0 spiro atoms. The Balaban J connectivity index is 1.76. The molecule has 1 atom stereocenters. The lowest BCUT2D eigenvalue weighted by molar-refractivity contribution is 0.294. The van der Waals surface area contributed by atoms with Crippen molar-refractivity contribution < 1.29 is 4.74 Å². The number of aromatic nitrogens is 2. The molecule has 1 heterocycles. The fourth-order valence-electron chi connectivity index (χ4n) is 2.71. The smallest absolute Gasteiger partial charge is 0.131 e. The first kappa shape index (κ1) is 13.6. The second-order valence-corrected chi connectivity index (χ2v) is 6.06. The van der Waals surface area contributed by atoms with Crippen molar-refractivity contribution in [2.75, 3.05) is 0 Å². The Kier molecular flexibility index (Phi) is 3.56. The van der Waals surface area contributed by atoms with Gasteiger partial charge in [-0.1, -0.05) is 6.07 Å². The summed E-state index contributed by atoms with van der Waals surface area (Å²) in [6.07, 6.45) is 2.08. The first-order valence-electron chi connectivity index (χ1n) is 6.75. The summed E-state index contributed by atoms with van der Waals surface area (Å²) in [4.78, 5) is 0. The van der Waals surface area contributed by atoms with E-state index in [1.807, 2.05) is 24.7 Å². The van der Waals surface area contributed by atoms with Crippen LogP contribution in [0.15, 0.2) is 22.7 Å². The molecule has 0 amide bonds. The predicted molar refractivity (Wildman–Crippen MR) is 81.7 cm³/mol. The summed E-state index contributed by atoms with van der Waals surface area (Å²) in [6, 6.07) is 6.39. The maximum Gasteiger partial charge on any atom is 0.131 e. The molecule has 2 aromatic rings. The van der Waals surface area contributed by atoms with Gasteiger partial charge in [-0.15, -0.1) is 0 Å². The van der Waals surface area contributed by atoms with Crippen LogP contribution in [0.2, 0.25) is 0 Å². The lowest BCUT2D eigenvalue weighted by Crippen LogP contribution is -2.05. The zero-order valence-corrected chi connectivity index (χ0v) is 13.3. The van der Waals surface area contributed by atoms with E-state index in [-0.39, 0.29) is 6.04 Å². The molecule has 0 unspecified atom stereocenters. The van der Waals surface area contributed by atoms with E-state index in [2.05, 4.69) is 33.2 Å². The zero-order chi connectivity index (χ0) is 14.3. The summed E-state index contributed by atoms with van der Waals surface area (Å²) in [5, 5.41) is 4.36. The van der Waals surface area contributed by atoms with Crippen LogP contribution in [0.25, 0.3) is 0 Å². The SMILES string of the molecule is Cc1nn(C)c(COc2ccc3c(c2)CC[C@H]3N)c1Br. The molecule has 1 aliphatic carbocycles. The zero-order valence-electron chi connectivity index (χ0n) is 11.7. The standard InChI is InChI=1S/C15H18BrN3O/c1-9-15(16)14(19(2)18-9)8-20-11-4-5-12-10(7-11)3-6-13(12)17/h4-5,7,13H,3,6,8,17H2,1-2H3/t13-/m1/s1. The summed E-state index contributed by atoms with van der Waals surface area (Å²) < 4.78 is 8.76. The van der Waals surface area contributed by atoms with Crippen LogP contribution >= 0.6 is 15.9 Å². The van der Waals surface area contributed by atoms with Crippen molar-refractivity contribution in [3.8, 4) is 5.75 Å². The number of rotatable bonds is 3. The minimum atomic E-state index is 0.188. The van der Waals surface area contributed by atoms with Gasteiger partial charge >= 0.3 is 0 Å². The Morgan fingerprint density at radius 2 is 2.30 bits per heavy atom. The van der Waals surface area contributed by atoms with Gasteiger partial charge in [0.25, 0.3) is 0 Å². The highest BCUT2D eigenvalue weighted by Crippen LogP contribution is 2.32. The molecule has 4 nitrogen and oxygen atoms in total. The predicted octanol–water partition coefficient (Wildman–Crippen LogP) is 3.02.